The summed E-state index contributed by atoms with van der Waals surface area (Å²) in [6.45, 7) is 0. The summed E-state index contributed by atoms with van der Waals surface area (Å²) in [7, 11) is 0. The van der Waals surface area contributed by atoms with Crippen LogP contribution >= 0.6 is 0 Å². The lowest BCUT2D eigenvalue weighted by atomic mass is 9.67. The Kier molecular flexibility index (Phi) is 4.01. The summed E-state index contributed by atoms with van der Waals surface area (Å²) in [6, 6.07) is 26.7. The van der Waals surface area contributed by atoms with Crippen LogP contribution < -0.4 is 0 Å². The normalized spacial score (nSPS) is 16.3. The molecular formula is C28H23NO2. The predicted octanol–water partition coefficient (Wildman–Crippen LogP) is 7.65. The fourth-order valence-corrected chi connectivity index (χ4v) is 6.08. The summed E-state index contributed by atoms with van der Waals surface area (Å²) >= 11 is 0. The van der Waals surface area contributed by atoms with Gasteiger partial charge in [0, 0.05) is 11.5 Å². The molecule has 0 aliphatic heterocycles. The maximum atomic E-state index is 11.8. The molecule has 0 saturated heterocycles. The minimum absolute atomic E-state index is 0.0204. The molecule has 0 unspecified atom stereocenters. The molecule has 1 fully saturated rings. The van der Waals surface area contributed by atoms with Crippen molar-refractivity contribution in [2.45, 2.75) is 37.5 Å². The molecule has 31 heavy (non-hydrogen) atoms. The molecular weight excluding hydrogens is 382 g/mol. The maximum Gasteiger partial charge on any atom is 0.277 e. The number of para-hydroxylation sites is 1. The Bertz CT molecular complexity index is 1350. The van der Waals surface area contributed by atoms with Gasteiger partial charge in [0.1, 0.15) is 0 Å². The van der Waals surface area contributed by atoms with Gasteiger partial charge in [-0.05, 0) is 63.6 Å². The van der Waals surface area contributed by atoms with Gasteiger partial charge in [0.15, 0.2) is 0 Å². The van der Waals surface area contributed by atoms with E-state index in [0.29, 0.717) is 5.56 Å². The van der Waals surface area contributed by atoms with Crippen molar-refractivity contribution < 1.29 is 4.92 Å². The molecule has 0 atom stereocenters. The van der Waals surface area contributed by atoms with Crippen molar-refractivity contribution in [1.82, 2.24) is 0 Å². The highest BCUT2D eigenvalue weighted by Gasteiger charge is 2.44. The minimum atomic E-state index is -0.261. The van der Waals surface area contributed by atoms with Crippen molar-refractivity contribution in [1.29, 1.82) is 0 Å². The second-order valence-corrected chi connectivity index (χ2v) is 8.85. The molecule has 4 aromatic carbocycles. The van der Waals surface area contributed by atoms with Gasteiger partial charge < -0.3 is 0 Å². The number of fused-ring (bicyclic) bond motifs is 7. The van der Waals surface area contributed by atoms with E-state index in [-0.39, 0.29) is 16.0 Å². The van der Waals surface area contributed by atoms with Crippen LogP contribution in [0.3, 0.4) is 0 Å². The Morgan fingerprint density at radius 3 is 2.10 bits per heavy atom. The van der Waals surface area contributed by atoms with Gasteiger partial charge >= 0.3 is 0 Å². The van der Waals surface area contributed by atoms with E-state index in [0.717, 1.165) is 23.8 Å². The molecule has 0 N–H and O–H groups in total. The zero-order valence-electron chi connectivity index (χ0n) is 17.3. The van der Waals surface area contributed by atoms with E-state index < -0.39 is 0 Å². The van der Waals surface area contributed by atoms with Crippen molar-refractivity contribution in [2.75, 3.05) is 0 Å². The van der Waals surface area contributed by atoms with Crippen molar-refractivity contribution in [2.24, 2.45) is 0 Å². The molecule has 0 bridgehead atoms. The number of hydrogen-bond donors (Lipinski definition) is 0. The van der Waals surface area contributed by atoms with Crippen LogP contribution in [0.1, 0.15) is 43.2 Å². The first-order chi connectivity index (χ1) is 15.2. The molecule has 152 valence electrons. The molecule has 0 amide bonds. The summed E-state index contributed by atoms with van der Waals surface area (Å²) in [4.78, 5) is 11.6. The largest absolute Gasteiger partial charge is 0.277 e. The van der Waals surface area contributed by atoms with Gasteiger partial charge in [-0.25, -0.2) is 0 Å². The van der Waals surface area contributed by atoms with Crippen LogP contribution in [0.25, 0.3) is 33.0 Å². The Balaban J connectivity index is 1.75. The van der Waals surface area contributed by atoms with Gasteiger partial charge in [-0.15, -0.1) is 0 Å². The third-order valence-corrected chi connectivity index (χ3v) is 7.37. The molecule has 4 aromatic rings. The van der Waals surface area contributed by atoms with Crippen LogP contribution in [-0.4, -0.2) is 4.92 Å². The molecule has 0 aromatic heterocycles. The van der Waals surface area contributed by atoms with Crippen molar-refractivity contribution in [3.8, 4) is 22.3 Å². The van der Waals surface area contributed by atoms with E-state index in [1.54, 1.807) is 12.1 Å². The summed E-state index contributed by atoms with van der Waals surface area (Å²) in [6.07, 6.45) is 6.02. The van der Waals surface area contributed by atoms with Crippen LogP contribution in [0, 0.1) is 10.1 Å². The number of rotatable bonds is 2. The Morgan fingerprint density at radius 2 is 1.32 bits per heavy atom. The van der Waals surface area contributed by atoms with Gasteiger partial charge in [0.25, 0.3) is 5.69 Å². The Labute approximate surface area is 181 Å². The molecule has 0 heterocycles. The fraction of sp³-hybridized carbons (Fsp3) is 0.214. The summed E-state index contributed by atoms with van der Waals surface area (Å²) in [5.74, 6) is 0. The SMILES string of the molecule is O=[N+]([O-])c1ccccc1-c1cc2c(c3ccccc13)-c1ccccc1C21CCCCC1. The molecule has 2 aliphatic carbocycles. The van der Waals surface area contributed by atoms with Gasteiger partial charge in [-0.1, -0.05) is 79.9 Å². The fourth-order valence-electron chi connectivity index (χ4n) is 6.08. The van der Waals surface area contributed by atoms with E-state index in [9.17, 15) is 10.1 Å². The number of nitro benzene ring substituents is 1. The maximum absolute atomic E-state index is 11.8. The van der Waals surface area contributed by atoms with Gasteiger partial charge in [0.05, 0.1) is 10.5 Å². The van der Waals surface area contributed by atoms with Crippen molar-refractivity contribution in [3.05, 3.63) is 100 Å². The number of hydrogen-bond acceptors (Lipinski definition) is 2. The first-order valence-corrected chi connectivity index (χ1v) is 11.1. The van der Waals surface area contributed by atoms with Crippen LogP contribution in [-0.2, 0) is 5.41 Å². The second-order valence-electron chi connectivity index (χ2n) is 8.85. The minimum Gasteiger partial charge on any atom is -0.258 e. The van der Waals surface area contributed by atoms with E-state index in [1.165, 1.54) is 46.9 Å². The summed E-state index contributed by atoms with van der Waals surface area (Å²) in [5.41, 5.74) is 7.33. The second kappa shape index (κ2) is 6.78. The third-order valence-electron chi connectivity index (χ3n) is 7.37. The summed E-state index contributed by atoms with van der Waals surface area (Å²) in [5, 5.41) is 14.1. The van der Waals surface area contributed by atoms with E-state index in [2.05, 4.69) is 48.5 Å². The lowest BCUT2D eigenvalue weighted by Gasteiger charge is -2.36. The smallest absolute Gasteiger partial charge is 0.258 e. The van der Waals surface area contributed by atoms with Crippen molar-refractivity contribution in [3.63, 3.8) is 0 Å². The molecule has 6 rings (SSSR count). The monoisotopic (exact) mass is 405 g/mol. The number of benzene rings is 4. The molecule has 1 saturated carbocycles. The Hall–Kier alpha value is -3.46. The highest BCUT2D eigenvalue weighted by atomic mass is 16.6. The lowest BCUT2D eigenvalue weighted by molar-refractivity contribution is -0.384. The number of nitro groups is 1. The van der Waals surface area contributed by atoms with E-state index >= 15 is 0 Å². The molecule has 3 heteroatoms. The van der Waals surface area contributed by atoms with Gasteiger partial charge in [0.2, 0.25) is 0 Å². The van der Waals surface area contributed by atoms with E-state index in [1.807, 2.05) is 18.2 Å². The van der Waals surface area contributed by atoms with Crippen LogP contribution in [0.5, 0.6) is 0 Å². The summed E-state index contributed by atoms with van der Waals surface area (Å²) < 4.78 is 0. The number of nitrogens with zero attached hydrogens (tertiary/aromatic N) is 1. The zero-order chi connectivity index (χ0) is 21.0. The first-order valence-electron chi connectivity index (χ1n) is 11.1. The quantitative estimate of drug-likeness (QED) is 0.254. The zero-order valence-corrected chi connectivity index (χ0v) is 17.3. The third kappa shape index (κ3) is 2.53. The Morgan fingerprint density at radius 1 is 0.677 bits per heavy atom. The average molecular weight is 405 g/mol. The highest BCUT2D eigenvalue weighted by molar-refractivity contribution is 6.09. The molecule has 0 radical (unpaired) electrons. The van der Waals surface area contributed by atoms with Crippen LogP contribution in [0.4, 0.5) is 5.69 Å². The average Bonchev–Trinajstić information content (AvgIpc) is 3.08. The molecule has 2 aliphatic rings. The van der Waals surface area contributed by atoms with Crippen LogP contribution in [0.15, 0.2) is 78.9 Å². The van der Waals surface area contributed by atoms with E-state index in [4.69, 9.17) is 0 Å². The highest BCUT2D eigenvalue weighted by Crippen LogP contribution is 2.58. The topological polar surface area (TPSA) is 43.1 Å². The lowest BCUT2D eigenvalue weighted by Crippen LogP contribution is -2.28. The standard InChI is InChI=1S/C28H23NO2/c30-29(31)26-15-7-5-11-20(26)23-18-25-27(21-12-3-2-10-19(21)23)22-13-4-6-14-24(22)28(25)16-8-1-9-17-28/h2-7,10-15,18H,1,8-9,16-17H2. The predicted molar refractivity (Wildman–Crippen MR) is 125 cm³/mol. The van der Waals surface area contributed by atoms with Crippen LogP contribution in [0.2, 0.25) is 0 Å². The van der Waals surface area contributed by atoms with Gasteiger partial charge in [-0.3, -0.25) is 10.1 Å². The molecule has 1 spiro atoms. The van der Waals surface area contributed by atoms with Crippen molar-refractivity contribution >= 4 is 16.5 Å². The first kappa shape index (κ1) is 18.3. The van der Waals surface area contributed by atoms with Gasteiger partial charge in [-0.2, -0.15) is 0 Å². The molecule has 3 nitrogen and oxygen atoms in total.